The summed E-state index contributed by atoms with van der Waals surface area (Å²) in [5.74, 6) is 2.53. The second kappa shape index (κ2) is 7.58. The molecular weight excluding hydrogens is 326 g/mol. The van der Waals surface area contributed by atoms with Gasteiger partial charge >= 0.3 is 0 Å². The molecule has 2 heterocycles. The van der Waals surface area contributed by atoms with Crippen LogP contribution in [0.4, 0.5) is 0 Å². The van der Waals surface area contributed by atoms with Crippen LogP contribution in [0.15, 0.2) is 18.2 Å². The van der Waals surface area contributed by atoms with Crippen LogP contribution in [0, 0.1) is 13.8 Å². The van der Waals surface area contributed by atoms with Crippen molar-refractivity contribution < 1.29 is 4.79 Å². The molecule has 6 heteroatoms. The molecule has 0 aliphatic carbocycles. The molecule has 0 bridgehead atoms. The minimum Gasteiger partial charge on any atom is -0.339 e. The first-order valence-electron chi connectivity index (χ1n) is 9.25. The van der Waals surface area contributed by atoms with Crippen molar-refractivity contribution in [2.75, 3.05) is 27.2 Å². The summed E-state index contributed by atoms with van der Waals surface area (Å²) in [5.41, 5.74) is 3.07. The number of hydrogen-bond acceptors (Lipinski definition) is 4. The van der Waals surface area contributed by atoms with Gasteiger partial charge in [-0.15, -0.1) is 10.2 Å². The van der Waals surface area contributed by atoms with E-state index in [9.17, 15) is 4.79 Å². The topological polar surface area (TPSA) is 54.3 Å². The zero-order valence-electron chi connectivity index (χ0n) is 16.5. The largest absolute Gasteiger partial charge is 0.339 e. The number of carbonyl (C=O) groups excluding carboxylic acids is 1. The third kappa shape index (κ3) is 3.96. The monoisotopic (exact) mass is 355 g/mol. The van der Waals surface area contributed by atoms with Crippen LogP contribution in [0.2, 0.25) is 0 Å². The Hall–Kier alpha value is -2.21. The average molecular weight is 355 g/mol. The molecule has 1 aliphatic rings. The number of amides is 1. The number of piperidine rings is 1. The molecule has 2 aromatic rings. The van der Waals surface area contributed by atoms with Gasteiger partial charge in [-0.25, -0.2) is 0 Å². The fourth-order valence-corrected chi connectivity index (χ4v) is 3.77. The molecule has 1 aromatic heterocycles. The van der Waals surface area contributed by atoms with Crippen LogP contribution in [0.3, 0.4) is 0 Å². The van der Waals surface area contributed by atoms with E-state index in [0.717, 1.165) is 60.8 Å². The molecule has 1 aromatic carbocycles. The molecule has 0 spiro atoms. The van der Waals surface area contributed by atoms with Crippen LogP contribution < -0.4 is 0 Å². The van der Waals surface area contributed by atoms with Gasteiger partial charge in [-0.2, -0.15) is 0 Å². The molecule has 1 amide bonds. The van der Waals surface area contributed by atoms with Gasteiger partial charge in [0.1, 0.15) is 11.6 Å². The van der Waals surface area contributed by atoms with Crippen molar-refractivity contribution in [3.05, 3.63) is 46.5 Å². The van der Waals surface area contributed by atoms with E-state index in [4.69, 9.17) is 0 Å². The molecule has 0 N–H and O–H groups in total. The first-order chi connectivity index (χ1) is 12.3. The van der Waals surface area contributed by atoms with Gasteiger partial charge in [0.15, 0.2) is 0 Å². The molecule has 26 heavy (non-hydrogen) atoms. The highest BCUT2D eigenvalue weighted by atomic mass is 16.2. The van der Waals surface area contributed by atoms with Gasteiger partial charge in [-0.3, -0.25) is 4.79 Å². The molecule has 140 valence electrons. The summed E-state index contributed by atoms with van der Waals surface area (Å²) in [6.45, 7) is 6.40. The molecule has 6 nitrogen and oxygen atoms in total. The zero-order chi connectivity index (χ0) is 18.8. The SMILES string of the molecule is Cc1cc(C)cc(C(=O)N2CCC(c3nnc(CN(C)C)n3C)CC2)c1. The quantitative estimate of drug-likeness (QED) is 0.846. The third-order valence-corrected chi connectivity index (χ3v) is 5.07. The minimum absolute atomic E-state index is 0.140. The Morgan fingerprint density at radius 2 is 1.73 bits per heavy atom. The lowest BCUT2D eigenvalue weighted by molar-refractivity contribution is 0.0710. The van der Waals surface area contributed by atoms with Gasteiger partial charge in [0.25, 0.3) is 5.91 Å². The number of likely N-dealkylation sites (tertiary alicyclic amines) is 1. The molecule has 0 radical (unpaired) electrons. The number of benzene rings is 1. The maximum atomic E-state index is 12.8. The highest BCUT2D eigenvalue weighted by molar-refractivity contribution is 5.94. The number of nitrogens with zero attached hydrogens (tertiary/aromatic N) is 5. The summed E-state index contributed by atoms with van der Waals surface area (Å²) in [7, 11) is 6.11. The van der Waals surface area contributed by atoms with Crippen LogP contribution in [0.5, 0.6) is 0 Å². The van der Waals surface area contributed by atoms with Crippen molar-refractivity contribution in [2.45, 2.75) is 39.2 Å². The van der Waals surface area contributed by atoms with E-state index in [2.05, 4.69) is 25.7 Å². The number of hydrogen-bond donors (Lipinski definition) is 0. The highest BCUT2D eigenvalue weighted by Gasteiger charge is 2.28. The van der Waals surface area contributed by atoms with Gasteiger partial charge in [-0.05, 0) is 52.9 Å². The van der Waals surface area contributed by atoms with Crippen molar-refractivity contribution in [2.24, 2.45) is 7.05 Å². The summed E-state index contributed by atoms with van der Waals surface area (Å²) < 4.78 is 2.12. The normalized spacial score (nSPS) is 15.7. The summed E-state index contributed by atoms with van der Waals surface area (Å²) in [6, 6.07) is 6.07. The van der Waals surface area contributed by atoms with E-state index in [1.165, 1.54) is 0 Å². The van der Waals surface area contributed by atoms with Crippen molar-refractivity contribution in [3.63, 3.8) is 0 Å². The van der Waals surface area contributed by atoms with Crippen LogP contribution in [-0.2, 0) is 13.6 Å². The smallest absolute Gasteiger partial charge is 0.253 e. The van der Waals surface area contributed by atoms with E-state index in [-0.39, 0.29) is 5.91 Å². The van der Waals surface area contributed by atoms with Crippen molar-refractivity contribution in [1.82, 2.24) is 24.6 Å². The number of aromatic nitrogens is 3. The van der Waals surface area contributed by atoms with Gasteiger partial charge in [0.05, 0.1) is 6.54 Å². The number of carbonyl (C=O) groups is 1. The lowest BCUT2D eigenvalue weighted by atomic mass is 9.95. The van der Waals surface area contributed by atoms with Gasteiger partial charge in [-0.1, -0.05) is 17.2 Å². The molecule has 0 atom stereocenters. The van der Waals surface area contributed by atoms with Crippen LogP contribution in [0.25, 0.3) is 0 Å². The summed E-state index contributed by atoms with van der Waals surface area (Å²) >= 11 is 0. The second-order valence-corrected chi connectivity index (χ2v) is 7.71. The maximum Gasteiger partial charge on any atom is 0.253 e. The Balaban J connectivity index is 1.66. The molecule has 1 fully saturated rings. The molecule has 1 saturated heterocycles. The summed E-state index contributed by atoms with van der Waals surface area (Å²) in [6.07, 6.45) is 1.87. The number of rotatable bonds is 4. The molecule has 0 unspecified atom stereocenters. The van der Waals surface area contributed by atoms with Gasteiger partial charge in [0.2, 0.25) is 0 Å². The van der Waals surface area contributed by atoms with Gasteiger partial charge in [0, 0.05) is 31.6 Å². The lowest BCUT2D eigenvalue weighted by Gasteiger charge is -2.31. The molecule has 1 aliphatic heterocycles. The highest BCUT2D eigenvalue weighted by Crippen LogP contribution is 2.28. The third-order valence-electron chi connectivity index (χ3n) is 5.07. The Kier molecular flexibility index (Phi) is 5.41. The van der Waals surface area contributed by atoms with E-state index >= 15 is 0 Å². The summed E-state index contributed by atoms with van der Waals surface area (Å²) in [5, 5.41) is 8.77. The molecule has 3 rings (SSSR count). The molecular formula is C20H29N5O. The average Bonchev–Trinajstić information content (AvgIpc) is 2.93. The Morgan fingerprint density at radius 1 is 1.12 bits per heavy atom. The van der Waals surface area contributed by atoms with E-state index in [1.54, 1.807) is 0 Å². The van der Waals surface area contributed by atoms with E-state index in [1.807, 2.05) is 52.0 Å². The van der Waals surface area contributed by atoms with E-state index < -0.39 is 0 Å². The Labute approximate surface area is 155 Å². The fraction of sp³-hybridized carbons (Fsp3) is 0.550. The second-order valence-electron chi connectivity index (χ2n) is 7.71. The first-order valence-corrected chi connectivity index (χ1v) is 9.25. The van der Waals surface area contributed by atoms with Gasteiger partial charge < -0.3 is 14.4 Å². The Bertz CT molecular complexity index is 767. The lowest BCUT2D eigenvalue weighted by Crippen LogP contribution is -2.38. The van der Waals surface area contributed by atoms with E-state index in [0.29, 0.717) is 5.92 Å². The van der Waals surface area contributed by atoms with Crippen molar-refractivity contribution >= 4 is 5.91 Å². The predicted octanol–water partition coefficient (Wildman–Crippen LogP) is 2.51. The van der Waals surface area contributed by atoms with Crippen LogP contribution in [0.1, 0.15) is 51.9 Å². The number of aryl methyl sites for hydroxylation is 2. The van der Waals surface area contributed by atoms with Crippen LogP contribution in [-0.4, -0.2) is 57.7 Å². The summed E-state index contributed by atoms with van der Waals surface area (Å²) in [4.78, 5) is 16.9. The predicted molar refractivity (Wildman–Crippen MR) is 102 cm³/mol. The maximum absolute atomic E-state index is 12.8. The van der Waals surface area contributed by atoms with Crippen molar-refractivity contribution in [3.8, 4) is 0 Å². The molecule has 0 saturated carbocycles. The zero-order valence-corrected chi connectivity index (χ0v) is 16.5. The fourth-order valence-electron chi connectivity index (χ4n) is 3.77. The standard InChI is InChI=1S/C20H29N5O/c1-14-10-15(2)12-17(11-14)20(26)25-8-6-16(7-9-25)19-22-21-18(24(19)5)13-23(3)4/h10-12,16H,6-9,13H2,1-5H3. The first kappa shape index (κ1) is 18.6. The Morgan fingerprint density at radius 3 is 2.31 bits per heavy atom. The van der Waals surface area contributed by atoms with Crippen LogP contribution >= 0.6 is 0 Å². The van der Waals surface area contributed by atoms with Crippen molar-refractivity contribution in [1.29, 1.82) is 0 Å². The minimum atomic E-state index is 0.140.